The summed E-state index contributed by atoms with van der Waals surface area (Å²) in [5.74, 6) is -1.60. The second-order valence-electron chi connectivity index (χ2n) is 7.12. The fraction of sp³-hybridized carbons (Fsp3) is 0.261. The molecule has 30 heavy (non-hydrogen) atoms. The van der Waals surface area contributed by atoms with Gasteiger partial charge in [-0.3, -0.25) is 4.79 Å². The van der Waals surface area contributed by atoms with Gasteiger partial charge in [-0.1, -0.05) is 30.3 Å². The molecule has 0 spiro atoms. The van der Waals surface area contributed by atoms with E-state index in [1.807, 2.05) is 13.0 Å². The third-order valence-corrected chi connectivity index (χ3v) is 5.08. The molecule has 0 aliphatic rings. The zero-order chi connectivity index (χ0) is 21.8. The first-order chi connectivity index (χ1) is 14.3. The smallest absolute Gasteiger partial charge is 0.339 e. The Morgan fingerprint density at radius 2 is 1.73 bits per heavy atom. The van der Waals surface area contributed by atoms with Gasteiger partial charge in [-0.05, 0) is 50.5 Å². The van der Waals surface area contributed by atoms with Gasteiger partial charge in [-0.25, -0.2) is 4.79 Å². The van der Waals surface area contributed by atoms with Crippen molar-refractivity contribution in [1.82, 2.24) is 5.32 Å². The van der Waals surface area contributed by atoms with Crippen molar-refractivity contribution < 1.29 is 23.8 Å². The van der Waals surface area contributed by atoms with Gasteiger partial charge in [0.1, 0.15) is 11.3 Å². The molecule has 0 aliphatic carbocycles. The normalized spacial score (nSPS) is 11.8. The highest BCUT2D eigenvalue weighted by Gasteiger charge is 2.17. The number of amides is 1. The minimum Gasteiger partial charge on any atom is -0.548 e. The molecule has 3 aromatic rings. The van der Waals surface area contributed by atoms with Crippen LogP contribution in [-0.2, 0) is 16.0 Å². The van der Waals surface area contributed by atoms with Crippen LogP contribution in [0.5, 0.6) is 5.75 Å². The van der Waals surface area contributed by atoms with Gasteiger partial charge in [0.25, 0.3) is 5.91 Å². The fourth-order valence-corrected chi connectivity index (χ4v) is 3.20. The quantitative estimate of drug-likeness (QED) is 0.595. The molecule has 1 heterocycles. The molecule has 1 aromatic heterocycles. The van der Waals surface area contributed by atoms with Gasteiger partial charge < -0.3 is 24.4 Å². The number of carbonyl (C=O) groups is 2. The van der Waals surface area contributed by atoms with Crippen LogP contribution in [0.15, 0.2) is 51.7 Å². The fourth-order valence-electron chi connectivity index (χ4n) is 3.20. The van der Waals surface area contributed by atoms with E-state index in [2.05, 4.69) is 5.32 Å². The van der Waals surface area contributed by atoms with E-state index in [0.29, 0.717) is 22.5 Å². The Kier molecular flexibility index (Phi) is 6.20. The predicted octanol–water partition coefficient (Wildman–Crippen LogP) is 1.57. The zero-order valence-corrected chi connectivity index (χ0v) is 17.0. The highest BCUT2D eigenvalue weighted by atomic mass is 16.5. The van der Waals surface area contributed by atoms with Crippen LogP contribution in [0.2, 0.25) is 0 Å². The van der Waals surface area contributed by atoms with Crippen LogP contribution in [0.25, 0.3) is 11.0 Å². The van der Waals surface area contributed by atoms with Gasteiger partial charge in [0.15, 0.2) is 6.61 Å². The van der Waals surface area contributed by atoms with Crippen LogP contribution >= 0.6 is 0 Å². The summed E-state index contributed by atoms with van der Waals surface area (Å²) < 4.78 is 11.0. The molecule has 0 fully saturated rings. The Balaban J connectivity index is 1.71. The molecule has 7 nitrogen and oxygen atoms in total. The van der Waals surface area contributed by atoms with E-state index in [1.54, 1.807) is 50.2 Å². The topological polar surface area (TPSA) is 109 Å². The SMILES string of the molecule is Cc1c(C)c2ccc(OCC(=O)N[C@@H](Cc3ccccc3)C(=O)[O-])c(C)c2oc1=O. The number of fused-ring (bicyclic) bond motifs is 1. The number of hydrogen-bond acceptors (Lipinski definition) is 6. The molecule has 0 unspecified atom stereocenters. The second-order valence-corrected chi connectivity index (χ2v) is 7.12. The maximum absolute atomic E-state index is 12.2. The summed E-state index contributed by atoms with van der Waals surface area (Å²) in [6, 6.07) is 11.2. The lowest BCUT2D eigenvalue weighted by atomic mass is 10.0. The van der Waals surface area contributed by atoms with Crippen molar-refractivity contribution in [2.24, 2.45) is 0 Å². The molecule has 0 bridgehead atoms. The van der Waals surface area contributed by atoms with E-state index in [1.165, 1.54) is 0 Å². The number of carboxylic acid groups (broad SMARTS) is 1. The maximum Gasteiger partial charge on any atom is 0.339 e. The number of ether oxygens (including phenoxy) is 1. The first-order valence-corrected chi connectivity index (χ1v) is 9.48. The number of hydrogen-bond donors (Lipinski definition) is 1. The van der Waals surface area contributed by atoms with Crippen molar-refractivity contribution in [2.75, 3.05) is 6.61 Å². The number of benzene rings is 2. The van der Waals surface area contributed by atoms with Crippen molar-refractivity contribution >= 4 is 22.8 Å². The molecular weight excluding hydrogens is 386 g/mol. The van der Waals surface area contributed by atoms with E-state index in [4.69, 9.17) is 9.15 Å². The van der Waals surface area contributed by atoms with E-state index in [9.17, 15) is 19.5 Å². The molecule has 2 aromatic carbocycles. The minimum atomic E-state index is -1.37. The average Bonchev–Trinajstić information content (AvgIpc) is 2.72. The summed E-state index contributed by atoms with van der Waals surface area (Å²) >= 11 is 0. The lowest BCUT2D eigenvalue weighted by Gasteiger charge is -2.20. The van der Waals surface area contributed by atoms with Gasteiger partial charge in [0.2, 0.25) is 0 Å². The van der Waals surface area contributed by atoms with Crippen LogP contribution in [0, 0.1) is 20.8 Å². The molecule has 7 heteroatoms. The molecular formula is C23H22NO6-. The number of carboxylic acids is 1. The van der Waals surface area contributed by atoms with Crippen LogP contribution in [0.3, 0.4) is 0 Å². The Labute approximate surface area is 173 Å². The van der Waals surface area contributed by atoms with Crippen LogP contribution < -0.4 is 20.8 Å². The summed E-state index contributed by atoms with van der Waals surface area (Å²) in [5.41, 5.74) is 2.70. The number of aliphatic carboxylic acids is 1. The van der Waals surface area contributed by atoms with Crippen LogP contribution in [-0.4, -0.2) is 24.5 Å². The second kappa shape index (κ2) is 8.82. The lowest BCUT2D eigenvalue weighted by molar-refractivity contribution is -0.308. The van der Waals surface area contributed by atoms with Crippen molar-refractivity contribution in [3.05, 3.63) is 75.1 Å². The molecule has 0 aliphatic heterocycles. The van der Waals surface area contributed by atoms with Crippen LogP contribution in [0.4, 0.5) is 0 Å². The van der Waals surface area contributed by atoms with Gasteiger partial charge in [-0.2, -0.15) is 0 Å². The molecule has 0 saturated carbocycles. The number of rotatable bonds is 7. The standard InChI is InChI=1S/C23H23NO6/c1-13-14(2)23(28)30-21-15(3)19(10-9-17(13)21)29-12-20(25)24-18(22(26)27)11-16-7-5-4-6-8-16/h4-10,18H,11-12H2,1-3H3,(H,24,25)(H,26,27)/p-1/t18-/m0/s1. The molecule has 1 atom stereocenters. The average molecular weight is 408 g/mol. The Morgan fingerprint density at radius 3 is 2.40 bits per heavy atom. The molecule has 1 N–H and O–H groups in total. The summed E-state index contributed by atoms with van der Waals surface area (Å²) in [5, 5.41) is 14.6. The number of carbonyl (C=O) groups excluding carboxylic acids is 2. The summed E-state index contributed by atoms with van der Waals surface area (Å²) in [7, 11) is 0. The molecule has 156 valence electrons. The van der Waals surface area contributed by atoms with E-state index in [0.717, 1.165) is 16.5 Å². The third kappa shape index (κ3) is 4.51. The van der Waals surface area contributed by atoms with Gasteiger partial charge in [0, 0.05) is 16.5 Å². The third-order valence-electron chi connectivity index (χ3n) is 5.08. The minimum absolute atomic E-state index is 0.105. The van der Waals surface area contributed by atoms with E-state index >= 15 is 0 Å². The van der Waals surface area contributed by atoms with E-state index in [-0.39, 0.29) is 13.0 Å². The number of nitrogens with one attached hydrogen (secondary N) is 1. The lowest BCUT2D eigenvalue weighted by Crippen LogP contribution is -2.50. The Hall–Kier alpha value is -3.61. The maximum atomic E-state index is 12.2. The highest BCUT2D eigenvalue weighted by Crippen LogP contribution is 2.29. The summed E-state index contributed by atoms with van der Waals surface area (Å²) in [4.78, 5) is 35.6. The first-order valence-electron chi connectivity index (χ1n) is 9.48. The van der Waals surface area contributed by atoms with Crippen LogP contribution in [0.1, 0.15) is 22.3 Å². The largest absolute Gasteiger partial charge is 0.548 e. The summed E-state index contributed by atoms with van der Waals surface area (Å²) in [6.07, 6.45) is 0.105. The monoisotopic (exact) mass is 408 g/mol. The molecule has 3 rings (SSSR count). The van der Waals surface area contributed by atoms with Crippen molar-refractivity contribution in [3.8, 4) is 5.75 Å². The first kappa shape index (κ1) is 21.1. The van der Waals surface area contributed by atoms with Crippen molar-refractivity contribution in [3.63, 3.8) is 0 Å². The predicted molar refractivity (Wildman–Crippen MR) is 109 cm³/mol. The summed E-state index contributed by atoms with van der Waals surface area (Å²) in [6.45, 7) is 4.88. The van der Waals surface area contributed by atoms with Crippen molar-refractivity contribution in [2.45, 2.75) is 33.2 Å². The molecule has 0 radical (unpaired) electrons. The highest BCUT2D eigenvalue weighted by molar-refractivity contribution is 5.86. The van der Waals surface area contributed by atoms with E-state index < -0.39 is 23.5 Å². The van der Waals surface area contributed by atoms with Gasteiger partial charge in [-0.15, -0.1) is 0 Å². The molecule has 1 amide bonds. The Bertz CT molecular complexity index is 1150. The van der Waals surface area contributed by atoms with Gasteiger partial charge >= 0.3 is 5.63 Å². The van der Waals surface area contributed by atoms with Crippen molar-refractivity contribution in [1.29, 1.82) is 0 Å². The molecule has 0 saturated heterocycles. The number of aryl methyl sites for hydroxylation is 2. The zero-order valence-electron chi connectivity index (χ0n) is 17.0. The van der Waals surface area contributed by atoms with Gasteiger partial charge in [0.05, 0.1) is 12.0 Å². The Morgan fingerprint density at radius 1 is 1.03 bits per heavy atom.